The smallest absolute Gasteiger partial charge is 0.391 e. The number of alkyl halides is 3. The summed E-state index contributed by atoms with van der Waals surface area (Å²) in [5.41, 5.74) is 0.562. The van der Waals surface area contributed by atoms with Crippen LogP contribution >= 0.6 is 0 Å². The van der Waals surface area contributed by atoms with Gasteiger partial charge in [0.15, 0.2) is 0 Å². The number of likely N-dealkylation sites (tertiary alicyclic amines) is 1. The van der Waals surface area contributed by atoms with Crippen LogP contribution in [0.2, 0.25) is 0 Å². The van der Waals surface area contributed by atoms with Gasteiger partial charge in [-0.3, -0.25) is 19.1 Å². The van der Waals surface area contributed by atoms with Crippen molar-refractivity contribution >= 4 is 23.4 Å². The molecule has 3 atom stereocenters. The maximum Gasteiger partial charge on any atom is 0.408 e. The molecule has 2 heterocycles. The highest BCUT2D eigenvalue weighted by molar-refractivity contribution is 5.98. The number of halogens is 4. The molecule has 9 nitrogen and oxygen atoms in total. The van der Waals surface area contributed by atoms with E-state index in [1.165, 1.54) is 43.3 Å². The Labute approximate surface area is 230 Å². The zero-order chi connectivity index (χ0) is 30.4. The van der Waals surface area contributed by atoms with Crippen LogP contribution in [-0.2, 0) is 9.59 Å². The average Bonchev–Trinajstić information content (AvgIpc) is 3.51. The van der Waals surface area contributed by atoms with Gasteiger partial charge >= 0.3 is 6.18 Å². The first-order chi connectivity index (χ1) is 18.6. The van der Waals surface area contributed by atoms with Crippen molar-refractivity contribution in [3.05, 3.63) is 47.0 Å². The maximum absolute atomic E-state index is 14.8. The molecule has 1 fully saturated rings. The van der Waals surface area contributed by atoms with E-state index in [9.17, 15) is 37.1 Å². The fraction of sp³-hybridized carbons (Fsp3) is 0.556. The van der Waals surface area contributed by atoms with E-state index in [4.69, 9.17) is 0 Å². The third kappa shape index (κ3) is 8.03. The van der Waals surface area contributed by atoms with Crippen LogP contribution in [0.3, 0.4) is 0 Å². The number of aliphatic hydroxyl groups is 1. The number of anilines is 1. The van der Waals surface area contributed by atoms with Crippen molar-refractivity contribution in [1.29, 1.82) is 0 Å². The molecular formula is C27H37F4N5O4. The molecule has 3 N–H and O–H groups in total. The average molecular weight is 572 g/mol. The molecule has 0 spiro atoms. The van der Waals surface area contributed by atoms with Gasteiger partial charge in [0, 0.05) is 25.2 Å². The minimum Gasteiger partial charge on any atom is -0.391 e. The molecule has 3 rings (SSSR count). The van der Waals surface area contributed by atoms with Gasteiger partial charge in [0.2, 0.25) is 11.8 Å². The number of nitrogens with one attached hydrogen (secondary N) is 2. The SMILES string of the molecule is CCC.Cc1cc(NC(=O)CNC(=O)c2ccnn2C(C)C)c(F)cc1C(C)C(=O)N1CC(O)CC1C(F)(F)F. The second-order valence-corrected chi connectivity index (χ2v) is 10.0. The van der Waals surface area contributed by atoms with Gasteiger partial charge in [0.1, 0.15) is 17.6 Å². The third-order valence-electron chi connectivity index (χ3n) is 6.21. The number of hydrogen-bond donors (Lipinski definition) is 3. The summed E-state index contributed by atoms with van der Waals surface area (Å²) >= 11 is 0. The number of nitrogens with zero attached hydrogens (tertiary/aromatic N) is 3. The van der Waals surface area contributed by atoms with Crippen molar-refractivity contribution in [3.63, 3.8) is 0 Å². The lowest BCUT2D eigenvalue weighted by molar-refractivity contribution is -0.183. The summed E-state index contributed by atoms with van der Waals surface area (Å²) in [6, 6.07) is 1.56. The van der Waals surface area contributed by atoms with E-state index in [-0.39, 0.29) is 23.0 Å². The van der Waals surface area contributed by atoms with E-state index in [0.717, 1.165) is 6.07 Å². The molecule has 0 radical (unpaired) electrons. The molecule has 3 amide bonds. The topological polar surface area (TPSA) is 117 Å². The summed E-state index contributed by atoms with van der Waals surface area (Å²) in [6.45, 7) is 9.90. The number of hydrogen-bond acceptors (Lipinski definition) is 5. The second kappa shape index (κ2) is 13.7. The summed E-state index contributed by atoms with van der Waals surface area (Å²) in [7, 11) is 0. The lowest BCUT2D eigenvalue weighted by Gasteiger charge is -2.29. The summed E-state index contributed by atoms with van der Waals surface area (Å²) in [5, 5.41) is 18.5. The van der Waals surface area contributed by atoms with Crippen molar-refractivity contribution in [1.82, 2.24) is 20.0 Å². The Bertz CT molecular complexity index is 1200. The van der Waals surface area contributed by atoms with Gasteiger partial charge in [-0.25, -0.2) is 4.39 Å². The molecule has 0 saturated carbocycles. The molecule has 0 aliphatic carbocycles. The largest absolute Gasteiger partial charge is 0.408 e. The molecular weight excluding hydrogens is 534 g/mol. The van der Waals surface area contributed by atoms with E-state index in [1.807, 2.05) is 13.8 Å². The summed E-state index contributed by atoms with van der Waals surface area (Å²) in [4.78, 5) is 38.1. The van der Waals surface area contributed by atoms with Gasteiger partial charge < -0.3 is 20.6 Å². The standard InChI is InChI=1S/C24H29F4N5O4.C3H8/c1-12(2)33-19(5-6-30-33)22(36)29-10-21(35)31-18-7-13(3)16(9-17(18)25)14(4)23(37)32-11-15(34)8-20(32)24(26,27)28;1-3-2/h5-7,9,12,14-15,20,34H,8,10-11H2,1-4H3,(H,29,36)(H,31,35);3H2,1-2H3. The van der Waals surface area contributed by atoms with E-state index < -0.39 is 67.3 Å². The summed E-state index contributed by atoms with van der Waals surface area (Å²) < 4.78 is 56.3. The van der Waals surface area contributed by atoms with Gasteiger partial charge in [0.25, 0.3) is 5.91 Å². The molecule has 3 unspecified atom stereocenters. The molecule has 1 aromatic carbocycles. The first-order valence-electron chi connectivity index (χ1n) is 13.1. The first-order valence-corrected chi connectivity index (χ1v) is 13.1. The number of β-amino-alcohol motifs (C(OH)–C–C–N with tert-alkyl or cyclic N) is 1. The van der Waals surface area contributed by atoms with Crippen LogP contribution in [0.5, 0.6) is 0 Å². The van der Waals surface area contributed by atoms with Crippen LogP contribution in [0.4, 0.5) is 23.2 Å². The number of amides is 3. The van der Waals surface area contributed by atoms with Crippen molar-refractivity contribution in [2.75, 3.05) is 18.4 Å². The quantitative estimate of drug-likeness (QED) is 0.428. The van der Waals surface area contributed by atoms with Crippen molar-refractivity contribution < 1.29 is 37.1 Å². The van der Waals surface area contributed by atoms with Gasteiger partial charge in [-0.1, -0.05) is 20.3 Å². The maximum atomic E-state index is 14.8. The van der Waals surface area contributed by atoms with E-state index in [2.05, 4.69) is 29.6 Å². The lowest BCUT2D eigenvalue weighted by atomic mass is 9.94. The van der Waals surface area contributed by atoms with Crippen LogP contribution in [0.25, 0.3) is 0 Å². The molecule has 13 heteroatoms. The Kier molecular flexibility index (Phi) is 11.2. The number of carbonyl (C=O) groups excluding carboxylic acids is 3. The lowest BCUT2D eigenvalue weighted by Crippen LogP contribution is -2.46. The monoisotopic (exact) mass is 571 g/mol. The Balaban J connectivity index is 0.00000178. The van der Waals surface area contributed by atoms with E-state index in [0.29, 0.717) is 10.5 Å². The number of rotatable bonds is 7. The molecule has 1 saturated heterocycles. The number of aromatic nitrogens is 2. The van der Waals surface area contributed by atoms with Crippen molar-refractivity contribution in [2.45, 2.75) is 84.7 Å². The van der Waals surface area contributed by atoms with Gasteiger partial charge in [-0.15, -0.1) is 0 Å². The molecule has 2 aromatic rings. The molecule has 1 aliphatic rings. The van der Waals surface area contributed by atoms with Crippen LogP contribution in [0, 0.1) is 12.7 Å². The Morgan fingerprint density at radius 2 is 1.80 bits per heavy atom. The van der Waals surface area contributed by atoms with Crippen LogP contribution < -0.4 is 10.6 Å². The fourth-order valence-corrected chi connectivity index (χ4v) is 4.36. The third-order valence-corrected chi connectivity index (χ3v) is 6.21. The second-order valence-electron chi connectivity index (χ2n) is 10.0. The number of aliphatic hydroxyl groups excluding tert-OH is 1. The molecule has 1 aromatic heterocycles. The highest BCUT2D eigenvalue weighted by Gasteiger charge is 2.51. The van der Waals surface area contributed by atoms with Crippen molar-refractivity contribution in [3.8, 4) is 0 Å². The minimum absolute atomic E-state index is 0.0793. The Morgan fingerprint density at radius 1 is 1.18 bits per heavy atom. The molecule has 1 aliphatic heterocycles. The number of aryl methyl sites for hydroxylation is 1. The molecule has 40 heavy (non-hydrogen) atoms. The van der Waals surface area contributed by atoms with E-state index >= 15 is 0 Å². The minimum atomic E-state index is -4.70. The number of benzene rings is 1. The summed E-state index contributed by atoms with van der Waals surface area (Å²) in [5.74, 6) is -4.16. The van der Waals surface area contributed by atoms with Crippen LogP contribution in [0.15, 0.2) is 24.4 Å². The Hall–Kier alpha value is -3.48. The van der Waals surface area contributed by atoms with Crippen LogP contribution in [-0.4, -0.2) is 68.9 Å². The zero-order valence-corrected chi connectivity index (χ0v) is 23.5. The predicted octanol–water partition coefficient (Wildman–Crippen LogP) is 4.32. The summed E-state index contributed by atoms with van der Waals surface area (Å²) in [6.07, 6.45) is -3.92. The zero-order valence-electron chi connectivity index (χ0n) is 23.5. The normalized spacial score (nSPS) is 17.8. The number of carbonyl (C=O) groups is 3. The predicted molar refractivity (Wildman–Crippen MR) is 141 cm³/mol. The van der Waals surface area contributed by atoms with Crippen molar-refractivity contribution in [2.24, 2.45) is 0 Å². The van der Waals surface area contributed by atoms with Gasteiger partial charge in [-0.2, -0.15) is 18.3 Å². The highest BCUT2D eigenvalue weighted by atomic mass is 19.4. The van der Waals surface area contributed by atoms with E-state index in [1.54, 1.807) is 0 Å². The highest BCUT2D eigenvalue weighted by Crippen LogP contribution is 2.36. The first kappa shape index (κ1) is 32.7. The van der Waals surface area contributed by atoms with Gasteiger partial charge in [-0.05, 0) is 57.0 Å². The Morgan fingerprint density at radius 3 is 2.38 bits per heavy atom. The molecule has 0 bridgehead atoms. The van der Waals surface area contributed by atoms with Gasteiger partial charge in [0.05, 0.1) is 24.3 Å². The van der Waals surface area contributed by atoms with Crippen LogP contribution in [0.1, 0.15) is 81.0 Å². The molecule has 222 valence electrons. The fourth-order valence-electron chi connectivity index (χ4n) is 4.36.